The highest BCUT2D eigenvalue weighted by Gasteiger charge is 2.15. The first-order valence-corrected chi connectivity index (χ1v) is 6.83. The van der Waals surface area contributed by atoms with E-state index in [9.17, 15) is 4.39 Å². The van der Waals surface area contributed by atoms with E-state index < -0.39 is 5.82 Å². The molecule has 0 spiro atoms. The molecule has 0 aromatic heterocycles. The summed E-state index contributed by atoms with van der Waals surface area (Å²) >= 11 is 7.97. The van der Waals surface area contributed by atoms with Crippen LogP contribution in [0.5, 0.6) is 5.75 Å². The van der Waals surface area contributed by atoms with Crippen molar-refractivity contribution in [1.29, 1.82) is 0 Å². The Labute approximate surface area is 121 Å². The van der Waals surface area contributed by atoms with Crippen LogP contribution < -0.4 is 10.5 Å². The Morgan fingerprint density at radius 3 is 2.56 bits per heavy atom. The van der Waals surface area contributed by atoms with Gasteiger partial charge in [-0.25, -0.2) is 4.39 Å². The molecule has 2 N–H and O–H groups in total. The SMILES string of the molecule is CC(C)(C)CCOc1ccc(C(N)=S)c(Br)c1F. The van der Waals surface area contributed by atoms with E-state index in [1.165, 1.54) is 0 Å². The molecule has 0 saturated heterocycles. The van der Waals surface area contributed by atoms with Crippen molar-refractivity contribution in [1.82, 2.24) is 0 Å². The van der Waals surface area contributed by atoms with Crippen molar-refractivity contribution >= 4 is 33.1 Å². The minimum Gasteiger partial charge on any atom is -0.490 e. The lowest BCUT2D eigenvalue weighted by Gasteiger charge is -2.18. The van der Waals surface area contributed by atoms with Gasteiger partial charge >= 0.3 is 0 Å². The van der Waals surface area contributed by atoms with E-state index in [1.54, 1.807) is 12.1 Å². The van der Waals surface area contributed by atoms with Gasteiger partial charge in [0.2, 0.25) is 0 Å². The third-order valence-corrected chi connectivity index (χ3v) is 3.42. The Bertz CT molecular complexity index is 457. The molecule has 100 valence electrons. The van der Waals surface area contributed by atoms with Crippen LogP contribution in [-0.4, -0.2) is 11.6 Å². The average molecular weight is 334 g/mol. The van der Waals surface area contributed by atoms with Crippen LogP contribution >= 0.6 is 28.1 Å². The summed E-state index contributed by atoms with van der Waals surface area (Å²) in [5.74, 6) is -0.250. The smallest absolute Gasteiger partial charge is 0.179 e. The molecule has 0 amide bonds. The van der Waals surface area contributed by atoms with E-state index in [0.29, 0.717) is 12.2 Å². The van der Waals surface area contributed by atoms with Gasteiger partial charge in [0.05, 0.1) is 11.1 Å². The molecule has 0 heterocycles. The quantitative estimate of drug-likeness (QED) is 0.844. The van der Waals surface area contributed by atoms with Gasteiger partial charge in [-0.15, -0.1) is 0 Å². The monoisotopic (exact) mass is 333 g/mol. The molecule has 0 aliphatic carbocycles. The first-order chi connectivity index (χ1) is 8.22. The maximum absolute atomic E-state index is 14.0. The van der Waals surface area contributed by atoms with Crippen molar-refractivity contribution < 1.29 is 9.13 Å². The number of thiocarbonyl (C=S) groups is 1. The lowest BCUT2D eigenvalue weighted by Crippen LogP contribution is -2.13. The molecule has 0 bridgehead atoms. The summed E-state index contributed by atoms with van der Waals surface area (Å²) in [5.41, 5.74) is 6.12. The summed E-state index contributed by atoms with van der Waals surface area (Å²) in [6.07, 6.45) is 0.848. The number of hydrogen-bond acceptors (Lipinski definition) is 2. The zero-order chi connectivity index (χ0) is 13.9. The Morgan fingerprint density at radius 2 is 2.06 bits per heavy atom. The van der Waals surface area contributed by atoms with E-state index in [-0.39, 0.29) is 20.6 Å². The molecule has 0 fully saturated rings. The van der Waals surface area contributed by atoms with Crippen LogP contribution in [0.15, 0.2) is 16.6 Å². The maximum Gasteiger partial charge on any atom is 0.179 e. The normalized spacial score (nSPS) is 11.4. The highest BCUT2D eigenvalue weighted by atomic mass is 79.9. The van der Waals surface area contributed by atoms with E-state index in [2.05, 4.69) is 36.7 Å². The second-order valence-corrected chi connectivity index (χ2v) is 6.50. The number of nitrogens with two attached hydrogens (primary N) is 1. The third kappa shape index (κ3) is 4.21. The molecule has 5 heteroatoms. The molecule has 18 heavy (non-hydrogen) atoms. The second-order valence-electron chi connectivity index (χ2n) is 5.26. The molecule has 0 aliphatic rings. The van der Waals surface area contributed by atoms with Crippen LogP contribution in [0.2, 0.25) is 0 Å². The summed E-state index contributed by atoms with van der Waals surface area (Å²) in [6, 6.07) is 3.21. The van der Waals surface area contributed by atoms with Crippen LogP contribution in [0.4, 0.5) is 4.39 Å². The Hall–Kier alpha value is -0.680. The largest absolute Gasteiger partial charge is 0.490 e. The van der Waals surface area contributed by atoms with Gasteiger partial charge in [0.25, 0.3) is 0 Å². The number of benzene rings is 1. The minimum atomic E-state index is -0.464. The Morgan fingerprint density at radius 1 is 1.44 bits per heavy atom. The summed E-state index contributed by atoms with van der Waals surface area (Å²) in [6.45, 7) is 6.80. The summed E-state index contributed by atoms with van der Waals surface area (Å²) in [7, 11) is 0. The Balaban J connectivity index is 2.80. The van der Waals surface area contributed by atoms with Gasteiger partial charge in [-0.1, -0.05) is 33.0 Å². The maximum atomic E-state index is 14.0. The van der Waals surface area contributed by atoms with Crippen LogP contribution in [0.25, 0.3) is 0 Å². The van der Waals surface area contributed by atoms with E-state index >= 15 is 0 Å². The number of halogens is 2. The molecule has 0 unspecified atom stereocenters. The zero-order valence-corrected chi connectivity index (χ0v) is 13.1. The molecular formula is C13H17BrFNOS. The highest BCUT2D eigenvalue weighted by Crippen LogP contribution is 2.29. The molecule has 0 radical (unpaired) electrons. The van der Waals surface area contributed by atoms with Crippen molar-refractivity contribution in [2.75, 3.05) is 6.61 Å². The summed E-state index contributed by atoms with van der Waals surface area (Å²) in [5, 5.41) is 0. The van der Waals surface area contributed by atoms with Gasteiger partial charge in [-0.05, 0) is 39.9 Å². The minimum absolute atomic E-state index is 0.155. The fourth-order valence-corrected chi connectivity index (χ4v) is 2.14. The van der Waals surface area contributed by atoms with Gasteiger partial charge in [0.15, 0.2) is 11.6 Å². The second kappa shape index (κ2) is 5.97. The van der Waals surface area contributed by atoms with Crippen molar-refractivity contribution in [3.63, 3.8) is 0 Å². The topological polar surface area (TPSA) is 35.2 Å². The van der Waals surface area contributed by atoms with E-state index in [4.69, 9.17) is 22.7 Å². The molecule has 0 saturated carbocycles. The molecular weight excluding hydrogens is 317 g/mol. The van der Waals surface area contributed by atoms with Gasteiger partial charge in [-0.3, -0.25) is 0 Å². The van der Waals surface area contributed by atoms with Gasteiger partial charge in [0, 0.05) is 5.56 Å². The molecule has 2 nitrogen and oxygen atoms in total. The van der Waals surface area contributed by atoms with E-state index in [1.807, 2.05) is 0 Å². The predicted octanol–water partition coefficient (Wildman–Crippen LogP) is 4.04. The fourth-order valence-electron chi connectivity index (χ4n) is 1.30. The highest BCUT2D eigenvalue weighted by molar-refractivity contribution is 9.10. The van der Waals surface area contributed by atoms with Crippen molar-refractivity contribution in [2.24, 2.45) is 11.1 Å². The Kier molecular flexibility index (Phi) is 5.10. The van der Waals surface area contributed by atoms with E-state index in [0.717, 1.165) is 6.42 Å². The molecule has 0 atom stereocenters. The molecule has 1 aromatic carbocycles. The average Bonchev–Trinajstić information content (AvgIpc) is 2.22. The van der Waals surface area contributed by atoms with Crippen LogP contribution in [-0.2, 0) is 0 Å². The van der Waals surface area contributed by atoms with Crippen molar-refractivity contribution in [3.8, 4) is 5.75 Å². The number of ether oxygens (including phenoxy) is 1. The van der Waals surface area contributed by atoms with Gasteiger partial charge in [0.1, 0.15) is 4.99 Å². The van der Waals surface area contributed by atoms with Crippen LogP contribution in [0, 0.1) is 11.2 Å². The lowest BCUT2D eigenvalue weighted by atomic mass is 9.93. The van der Waals surface area contributed by atoms with Crippen molar-refractivity contribution in [2.45, 2.75) is 27.2 Å². The van der Waals surface area contributed by atoms with Crippen molar-refractivity contribution in [3.05, 3.63) is 28.0 Å². The molecule has 1 rings (SSSR count). The zero-order valence-electron chi connectivity index (χ0n) is 10.7. The number of rotatable bonds is 4. The molecule has 0 aliphatic heterocycles. The molecule has 1 aromatic rings. The first-order valence-electron chi connectivity index (χ1n) is 5.63. The standard InChI is InChI=1S/C13H17BrFNOS/c1-13(2,3)6-7-17-9-5-4-8(12(16)18)10(14)11(9)15/h4-5H,6-7H2,1-3H3,(H2,16,18). The van der Waals surface area contributed by atoms with Gasteiger partial charge in [-0.2, -0.15) is 0 Å². The van der Waals surface area contributed by atoms with Gasteiger partial charge < -0.3 is 10.5 Å². The van der Waals surface area contributed by atoms with Crippen LogP contribution in [0.3, 0.4) is 0 Å². The first kappa shape index (κ1) is 15.4. The summed E-state index contributed by atoms with van der Waals surface area (Å²) < 4.78 is 19.6. The third-order valence-electron chi connectivity index (χ3n) is 2.42. The summed E-state index contributed by atoms with van der Waals surface area (Å²) in [4.78, 5) is 0.155. The van der Waals surface area contributed by atoms with Crippen LogP contribution in [0.1, 0.15) is 32.8 Å². The fraction of sp³-hybridized carbons (Fsp3) is 0.462. The lowest BCUT2D eigenvalue weighted by molar-refractivity contribution is 0.235. The number of hydrogen-bond donors (Lipinski definition) is 1. The predicted molar refractivity (Wildman–Crippen MR) is 79.6 cm³/mol.